The number of hydrogen-bond donors (Lipinski definition) is 0. The molecule has 0 atom stereocenters. The smallest absolute Gasteiger partial charge is 0.349 e. The summed E-state index contributed by atoms with van der Waals surface area (Å²) in [4.78, 5) is 4.75. The van der Waals surface area contributed by atoms with Gasteiger partial charge < -0.3 is 29.7 Å². The van der Waals surface area contributed by atoms with Crippen LogP contribution >= 0.6 is 23.2 Å². The van der Waals surface area contributed by atoms with E-state index < -0.39 is 0 Å². The average Bonchev–Trinajstić information content (AvgIpc) is 3.12. The van der Waals surface area contributed by atoms with E-state index in [1.807, 2.05) is 0 Å². The first kappa shape index (κ1) is 19.6. The highest BCUT2D eigenvalue weighted by Gasteiger charge is 2.37. The van der Waals surface area contributed by atoms with Gasteiger partial charge >= 0.3 is 11.5 Å². The van der Waals surface area contributed by atoms with E-state index in [0.29, 0.717) is 11.8 Å². The fraction of sp³-hybridized carbons (Fsp3) is 0.500. The first-order valence-electron chi connectivity index (χ1n) is 7.84. The Labute approximate surface area is 164 Å². The Morgan fingerprint density at radius 1 is 0.792 bits per heavy atom. The highest BCUT2D eigenvalue weighted by Crippen LogP contribution is 2.22. The Hall–Kier alpha value is -0.680. The van der Waals surface area contributed by atoms with Crippen molar-refractivity contribution < 1.29 is 33.9 Å². The number of pyridine rings is 2. The molecule has 2 aliphatic rings. The van der Waals surface area contributed by atoms with Crippen molar-refractivity contribution in [2.75, 3.05) is 47.7 Å². The Balaban J connectivity index is 0.00000104. The monoisotopic (exact) mass is 408 g/mol. The number of aromatic nitrogens is 2. The summed E-state index contributed by atoms with van der Waals surface area (Å²) in [5.41, 5.74) is 1.32. The zero-order chi connectivity index (χ0) is 15.1. The average molecular weight is 410 g/mol. The fourth-order valence-corrected chi connectivity index (χ4v) is 4.12. The van der Waals surface area contributed by atoms with Crippen molar-refractivity contribution in [1.29, 1.82) is 0 Å². The number of anilines is 2. The summed E-state index contributed by atoms with van der Waals surface area (Å²) in [6, 6.07) is 8.90. The number of alkyl halides is 2. The van der Waals surface area contributed by atoms with Gasteiger partial charge in [-0.1, -0.05) is 0 Å². The maximum Gasteiger partial charge on any atom is 0.349 e. The maximum absolute atomic E-state index is 5.94. The van der Waals surface area contributed by atoms with Gasteiger partial charge in [-0.25, -0.2) is 4.90 Å². The molecule has 0 spiro atoms. The Morgan fingerprint density at radius 3 is 1.67 bits per heavy atom. The highest BCUT2D eigenvalue weighted by atomic mass is 35.5. The summed E-state index contributed by atoms with van der Waals surface area (Å²) in [7, 11) is 0. The fourth-order valence-electron chi connectivity index (χ4n) is 3.71. The quantitative estimate of drug-likeness (QED) is 0.373. The minimum Gasteiger partial charge on any atom is -1.00 e. The van der Waals surface area contributed by atoms with Crippen LogP contribution in [0.1, 0.15) is 0 Å². The molecule has 4 rings (SSSR count). The van der Waals surface area contributed by atoms with E-state index in [1.165, 1.54) is 22.7 Å². The standard InChI is InChI=1S/C16H20Cl2N4.2ClH/c17-5-7-19-9-11-21-14(19)3-1-13-2-4-15-20(8-6-18)10-12-22(15)16(13)21;;/h1-4H,5-12H2;2*1H/q+2;;/p-2. The third-order valence-electron chi connectivity index (χ3n) is 4.69. The molecule has 0 saturated heterocycles. The van der Waals surface area contributed by atoms with Gasteiger partial charge in [-0.3, -0.25) is 0 Å². The van der Waals surface area contributed by atoms with Crippen LogP contribution < -0.4 is 43.7 Å². The van der Waals surface area contributed by atoms with E-state index in [0.717, 1.165) is 39.3 Å². The molecular weight excluding hydrogens is 390 g/mol. The molecule has 0 N–H and O–H groups in total. The van der Waals surface area contributed by atoms with Crippen LogP contribution in [0.3, 0.4) is 0 Å². The van der Waals surface area contributed by atoms with Crippen molar-refractivity contribution in [2.45, 2.75) is 13.1 Å². The van der Waals surface area contributed by atoms with Gasteiger partial charge in [-0.2, -0.15) is 4.57 Å². The second-order valence-electron chi connectivity index (χ2n) is 5.82. The minimum absolute atomic E-state index is 0. The predicted molar refractivity (Wildman–Crippen MR) is 90.2 cm³/mol. The molecule has 4 heterocycles. The van der Waals surface area contributed by atoms with Crippen LogP contribution in [0, 0.1) is 0 Å². The van der Waals surface area contributed by atoms with Crippen LogP contribution in [0.5, 0.6) is 0 Å². The Kier molecular flexibility index (Phi) is 6.66. The van der Waals surface area contributed by atoms with Crippen molar-refractivity contribution in [2.24, 2.45) is 0 Å². The van der Waals surface area contributed by atoms with Gasteiger partial charge in [-0.05, 0) is 12.1 Å². The van der Waals surface area contributed by atoms with Crippen LogP contribution in [0.25, 0.3) is 11.0 Å². The minimum atomic E-state index is 0. The molecule has 0 saturated carbocycles. The second kappa shape index (κ2) is 8.13. The van der Waals surface area contributed by atoms with Gasteiger partial charge in [0.1, 0.15) is 13.1 Å². The molecule has 0 aliphatic carbocycles. The molecule has 2 aromatic rings. The second-order valence-corrected chi connectivity index (χ2v) is 6.57. The molecule has 0 bridgehead atoms. The van der Waals surface area contributed by atoms with Crippen molar-refractivity contribution in [1.82, 2.24) is 0 Å². The van der Waals surface area contributed by atoms with Crippen LogP contribution in [0.4, 0.5) is 11.6 Å². The molecule has 132 valence electrons. The lowest BCUT2D eigenvalue weighted by molar-refractivity contribution is -0.753. The molecule has 0 unspecified atom stereocenters. The van der Waals surface area contributed by atoms with Gasteiger partial charge in [0.25, 0.3) is 0 Å². The number of fused-ring (bicyclic) bond motifs is 5. The lowest BCUT2D eigenvalue weighted by Crippen LogP contribution is -3.00. The van der Waals surface area contributed by atoms with Crippen LogP contribution in [-0.2, 0) is 13.1 Å². The normalized spacial score (nSPS) is 15.1. The van der Waals surface area contributed by atoms with Crippen molar-refractivity contribution in [3.63, 3.8) is 0 Å². The van der Waals surface area contributed by atoms with Gasteiger partial charge in [0.2, 0.25) is 5.82 Å². The van der Waals surface area contributed by atoms with E-state index in [1.54, 1.807) is 0 Å². The molecule has 0 radical (unpaired) electrons. The van der Waals surface area contributed by atoms with Gasteiger partial charge in [-0.15, -0.1) is 27.8 Å². The van der Waals surface area contributed by atoms with Crippen LogP contribution in [0.15, 0.2) is 24.3 Å². The summed E-state index contributed by atoms with van der Waals surface area (Å²) in [5.74, 6) is 3.90. The number of nitrogens with zero attached hydrogens (tertiary/aromatic N) is 4. The molecule has 0 fully saturated rings. The summed E-state index contributed by atoms with van der Waals surface area (Å²) >= 11 is 11.9. The Bertz CT molecular complexity index is 668. The lowest BCUT2D eigenvalue weighted by Gasteiger charge is -2.12. The Morgan fingerprint density at radius 2 is 1.25 bits per heavy atom. The SMILES string of the molecule is ClCCN1CC[n+]2c1ccc1ccc3[n+](c12)CCN3CCCl.[Cl-].[Cl-]. The molecule has 8 heteroatoms. The number of hydrogen-bond acceptors (Lipinski definition) is 2. The van der Waals surface area contributed by atoms with Crippen molar-refractivity contribution in [3.05, 3.63) is 24.3 Å². The van der Waals surface area contributed by atoms with Gasteiger partial charge in [0.15, 0.2) is 13.1 Å². The first-order chi connectivity index (χ1) is 10.8. The van der Waals surface area contributed by atoms with E-state index in [9.17, 15) is 0 Å². The zero-order valence-corrected chi connectivity index (χ0v) is 16.3. The summed E-state index contributed by atoms with van der Waals surface area (Å²) in [6.07, 6.45) is 0. The highest BCUT2D eigenvalue weighted by molar-refractivity contribution is 6.18. The predicted octanol–water partition coefficient (Wildman–Crippen LogP) is -4.46. The first-order valence-corrected chi connectivity index (χ1v) is 8.91. The van der Waals surface area contributed by atoms with Crippen LogP contribution in [-0.4, -0.2) is 37.9 Å². The molecule has 2 aromatic heterocycles. The molecule has 0 aromatic carbocycles. The van der Waals surface area contributed by atoms with Gasteiger partial charge in [0, 0.05) is 24.6 Å². The number of rotatable bonds is 4. The summed E-state index contributed by atoms with van der Waals surface area (Å²) in [6.45, 7) is 5.96. The van der Waals surface area contributed by atoms with E-state index in [4.69, 9.17) is 23.2 Å². The molecule has 4 nitrogen and oxygen atoms in total. The molecule has 2 aliphatic heterocycles. The molecular formula is C16H20Cl4N4. The van der Waals surface area contributed by atoms with E-state index >= 15 is 0 Å². The lowest BCUT2D eigenvalue weighted by atomic mass is 10.2. The van der Waals surface area contributed by atoms with Crippen LogP contribution in [0.2, 0.25) is 0 Å². The summed E-state index contributed by atoms with van der Waals surface area (Å²) in [5, 5.41) is 1.30. The topological polar surface area (TPSA) is 14.2 Å². The van der Waals surface area contributed by atoms with Crippen molar-refractivity contribution in [3.8, 4) is 0 Å². The van der Waals surface area contributed by atoms with E-state index in [-0.39, 0.29) is 24.8 Å². The molecule has 0 amide bonds. The number of halogens is 4. The van der Waals surface area contributed by atoms with E-state index in [2.05, 4.69) is 43.2 Å². The maximum atomic E-state index is 5.94. The molecule has 24 heavy (non-hydrogen) atoms. The largest absolute Gasteiger partial charge is 1.00 e. The zero-order valence-electron chi connectivity index (χ0n) is 13.3. The van der Waals surface area contributed by atoms with Gasteiger partial charge in [0.05, 0.1) is 17.8 Å². The van der Waals surface area contributed by atoms with Crippen molar-refractivity contribution >= 4 is 45.9 Å². The third kappa shape index (κ3) is 3.10. The summed E-state index contributed by atoms with van der Waals surface area (Å²) < 4.78 is 4.88. The third-order valence-corrected chi connectivity index (χ3v) is 5.03.